The lowest BCUT2D eigenvalue weighted by Gasteiger charge is -2.10. The second kappa shape index (κ2) is 7.72. The molecule has 0 aliphatic carbocycles. The number of halogens is 1. The summed E-state index contributed by atoms with van der Waals surface area (Å²) >= 11 is 6.08. The van der Waals surface area contributed by atoms with Gasteiger partial charge in [0, 0.05) is 35.7 Å². The number of aromatic nitrogens is 3. The summed E-state index contributed by atoms with van der Waals surface area (Å²) in [7, 11) is 0. The molecule has 3 rings (SSSR count). The van der Waals surface area contributed by atoms with E-state index >= 15 is 0 Å². The van der Waals surface area contributed by atoms with Crippen LogP contribution in [0.2, 0.25) is 5.02 Å². The first-order valence-corrected chi connectivity index (χ1v) is 8.02. The first kappa shape index (κ1) is 16.9. The number of benzene rings is 1. The maximum Gasteiger partial charge on any atom is 0.274 e. The van der Waals surface area contributed by atoms with Crippen molar-refractivity contribution in [2.24, 2.45) is 0 Å². The highest BCUT2D eigenvalue weighted by Crippen LogP contribution is 2.23. The summed E-state index contributed by atoms with van der Waals surface area (Å²) in [4.78, 5) is 24.6. The van der Waals surface area contributed by atoms with Crippen molar-refractivity contribution in [3.63, 3.8) is 0 Å². The smallest absolute Gasteiger partial charge is 0.274 e. The Morgan fingerprint density at radius 2 is 2.08 bits per heavy atom. The average molecular weight is 354 g/mol. The number of hydrogen-bond donors (Lipinski definition) is 2. The molecule has 0 saturated carbocycles. The van der Waals surface area contributed by atoms with Crippen molar-refractivity contribution < 1.29 is 4.79 Å². The maximum absolute atomic E-state index is 12.4. The summed E-state index contributed by atoms with van der Waals surface area (Å²) in [5.74, 6) is 0.240. The van der Waals surface area contributed by atoms with E-state index in [-0.39, 0.29) is 11.6 Å². The van der Waals surface area contributed by atoms with Gasteiger partial charge in [-0.25, -0.2) is 9.97 Å². The minimum atomic E-state index is -0.322. The maximum atomic E-state index is 12.4. The predicted octanol–water partition coefficient (Wildman–Crippen LogP) is 3.70. The molecule has 1 aromatic carbocycles. The largest absolute Gasteiger partial charge is 0.366 e. The van der Waals surface area contributed by atoms with Gasteiger partial charge in [0.2, 0.25) is 0 Å². The van der Waals surface area contributed by atoms with Crippen molar-refractivity contribution in [2.45, 2.75) is 13.5 Å². The van der Waals surface area contributed by atoms with Gasteiger partial charge in [-0.15, -0.1) is 0 Å². The van der Waals surface area contributed by atoms with Crippen LogP contribution in [0.3, 0.4) is 0 Å². The van der Waals surface area contributed by atoms with Crippen LogP contribution in [0.25, 0.3) is 0 Å². The second-order valence-electron chi connectivity index (χ2n) is 5.37. The van der Waals surface area contributed by atoms with Crippen LogP contribution in [-0.4, -0.2) is 20.9 Å². The first-order chi connectivity index (χ1) is 12.1. The zero-order valence-electron chi connectivity index (χ0n) is 13.5. The first-order valence-electron chi connectivity index (χ1n) is 7.65. The van der Waals surface area contributed by atoms with Crippen molar-refractivity contribution in [3.8, 4) is 0 Å². The highest BCUT2D eigenvalue weighted by molar-refractivity contribution is 6.31. The van der Waals surface area contributed by atoms with Crippen LogP contribution in [0.1, 0.15) is 21.6 Å². The van der Waals surface area contributed by atoms with Crippen LogP contribution in [-0.2, 0) is 6.54 Å². The van der Waals surface area contributed by atoms with Gasteiger partial charge < -0.3 is 10.6 Å². The summed E-state index contributed by atoms with van der Waals surface area (Å²) < 4.78 is 0. The standard InChI is InChI=1S/C18H16ClN5O/c1-12-14(19)5-2-6-15(12)24-18(25)16-8-17(23-11-22-16)21-10-13-4-3-7-20-9-13/h2-9,11H,10H2,1H3,(H,24,25)(H,21,22,23). The molecule has 7 heteroatoms. The van der Waals surface area contributed by atoms with E-state index < -0.39 is 0 Å². The van der Waals surface area contributed by atoms with Gasteiger partial charge in [-0.2, -0.15) is 0 Å². The molecule has 6 nitrogen and oxygen atoms in total. The van der Waals surface area contributed by atoms with Gasteiger partial charge in [0.1, 0.15) is 17.8 Å². The predicted molar refractivity (Wildman–Crippen MR) is 97.7 cm³/mol. The van der Waals surface area contributed by atoms with E-state index in [2.05, 4.69) is 25.6 Å². The van der Waals surface area contributed by atoms with Gasteiger partial charge in [0.05, 0.1) is 0 Å². The molecule has 2 heterocycles. The highest BCUT2D eigenvalue weighted by Gasteiger charge is 2.11. The zero-order chi connectivity index (χ0) is 17.6. The molecule has 0 unspecified atom stereocenters. The molecule has 2 N–H and O–H groups in total. The van der Waals surface area contributed by atoms with Gasteiger partial charge in [0.15, 0.2) is 0 Å². The molecule has 0 bridgehead atoms. The van der Waals surface area contributed by atoms with Crippen LogP contribution < -0.4 is 10.6 Å². The highest BCUT2D eigenvalue weighted by atomic mass is 35.5. The molecule has 2 aromatic heterocycles. The number of nitrogens with one attached hydrogen (secondary N) is 2. The summed E-state index contributed by atoms with van der Waals surface area (Å²) in [6.07, 6.45) is 4.84. The lowest BCUT2D eigenvalue weighted by atomic mass is 10.2. The van der Waals surface area contributed by atoms with Crippen molar-refractivity contribution in [2.75, 3.05) is 10.6 Å². The Balaban J connectivity index is 1.70. The Bertz CT molecular complexity index is 886. The van der Waals surface area contributed by atoms with Crippen molar-refractivity contribution in [3.05, 3.63) is 77.0 Å². The Morgan fingerprint density at radius 3 is 2.88 bits per heavy atom. The van der Waals surface area contributed by atoms with Gasteiger partial charge in [-0.3, -0.25) is 9.78 Å². The minimum Gasteiger partial charge on any atom is -0.366 e. The third kappa shape index (κ3) is 4.30. The van der Waals surface area contributed by atoms with E-state index in [4.69, 9.17) is 11.6 Å². The molecule has 0 aliphatic rings. The van der Waals surface area contributed by atoms with Gasteiger partial charge in [-0.05, 0) is 36.2 Å². The fourth-order valence-corrected chi connectivity index (χ4v) is 2.38. The van der Waals surface area contributed by atoms with Gasteiger partial charge >= 0.3 is 0 Å². The summed E-state index contributed by atoms with van der Waals surface area (Å²) in [5.41, 5.74) is 2.74. The lowest BCUT2D eigenvalue weighted by Crippen LogP contribution is -2.15. The fraction of sp³-hybridized carbons (Fsp3) is 0.111. The van der Waals surface area contributed by atoms with Crippen LogP contribution >= 0.6 is 11.6 Å². The van der Waals surface area contributed by atoms with Crippen LogP contribution in [0.5, 0.6) is 0 Å². The summed E-state index contributed by atoms with van der Waals surface area (Å²) in [6, 6.07) is 10.8. The monoisotopic (exact) mass is 353 g/mol. The Labute approximate surface area is 150 Å². The molecule has 1 amide bonds. The van der Waals surface area contributed by atoms with E-state index in [0.29, 0.717) is 23.1 Å². The third-order valence-electron chi connectivity index (χ3n) is 3.61. The molecule has 3 aromatic rings. The lowest BCUT2D eigenvalue weighted by molar-refractivity contribution is 0.102. The molecular weight excluding hydrogens is 338 g/mol. The second-order valence-corrected chi connectivity index (χ2v) is 5.78. The average Bonchev–Trinajstić information content (AvgIpc) is 2.65. The zero-order valence-corrected chi connectivity index (χ0v) is 14.3. The molecule has 0 spiro atoms. The number of amides is 1. The molecular formula is C18H16ClN5O. The summed E-state index contributed by atoms with van der Waals surface area (Å²) in [5, 5.41) is 6.56. The molecule has 0 saturated heterocycles. The van der Waals surface area contributed by atoms with E-state index in [1.807, 2.05) is 19.1 Å². The Kier molecular flexibility index (Phi) is 5.20. The number of carbonyl (C=O) groups is 1. The van der Waals surface area contributed by atoms with Gasteiger partial charge in [0.25, 0.3) is 5.91 Å². The number of rotatable bonds is 5. The number of pyridine rings is 1. The molecule has 0 aliphatic heterocycles. The SMILES string of the molecule is Cc1c(Cl)cccc1NC(=O)c1cc(NCc2cccnc2)ncn1. The normalized spacial score (nSPS) is 10.3. The van der Waals surface area contributed by atoms with Crippen molar-refractivity contribution in [1.29, 1.82) is 0 Å². The van der Waals surface area contributed by atoms with Crippen LogP contribution in [0.15, 0.2) is 55.1 Å². The number of nitrogens with zero attached hydrogens (tertiary/aromatic N) is 3. The van der Waals surface area contributed by atoms with Crippen LogP contribution in [0.4, 0.5) is 11.5 Å². The van der Waals surface area contributed by atoms with Gasteiger partial charge in [-0.1, -0.05) is 23.7 Å². The fourth-order valence-electron chi connectivity index (χ4n) is 2.20. The Morgan fingerprint density at radius 1 is 1.20 bits per heavy atom. The van der Waals surface area contributed by atoms with Crippen molar-refractivity contribution in [1.82, 2.24) is 15.0 Å². The number of anilines is 2. The topological polar surface area (TPSA) is 79.8 Å². The molecule has 0 fully saturated rings. The Hall–Kier alpha value is -2.99. The van der Waals surface area contributed by atoms with E-state index in [1.165, 1.54) is 6.33 Å². The molecule has 126 valence electrons. The molecule has 0 radical (unpaired) electrons. The van der Waals surface area contributed by atoms with Crippen molar-refractivity contribution >= 4 is 29.0 Å². The number of hydrogen-bond acceptors (Lipinski definition) is 5. The van der Waals surface area contributed by atoms with E-state index in [0.717, 1.165) is 11.1 Å². The van der Waals surface area contributed by atoms with E-state index in [9.17, 15) is 4.79 Å². The molecule has 25 heavy (non-hydrogen) atoms. The number of carbonyl (C=O) groups excluding carboxylic acids is 1. The van der Waals surface area contributed by atoms with Crippen LogP contribution in [0, 0.1) is 6.92 Å². The third-order valence-corrected chi connectivity index (χ3v) is 4.02. The van der Waals surface area contributed by atoms with E-state index in [1.54, 1.807) is 36.7 Å². The summed E-state index contributed by atoms with van der Waals surface area (Å²) in [6.45, 7) is 2.40. The molecule has 0 atom stereocenters. The minimum absolute atomic E-state index is 0.267. The quantitative estimate of drug-likeness (QED) is 0.731.